The van der Waals surface area contributed by atoms with E-state index < -0.39 is 0 Å². The first-order valence-corrected chi connectivity index (χ1v) is 5.97. The Morgan fingerprint density at radius 3 is 3.07 bits per heavy atom. The normalized spacial score (nSPS) is 10.0. The summed E-state index contributed by atoms with van der Waals surface area (Å²) in [6, 6.07) is 5.43. The van der Waals surface area contributed by atoms with Gasteiger partial charge in [-0.25, -0.2) is 4.79 Å². The van der Waals surface area contributed by atoms with Gasteiger partial charge in [0.2, 0.25) is 0 Å². The second-order valence-electron chi connectivity index (χ2n) is 2.84. The highest BCUT2D eigenvalue weighted by atomic mass is 127. The molecular formula is C10H5BrINO2. The molecule has 0 atom stereocenters. The van der Waals surface area contributed by atoms with Gasteiger partial charge in [0.1, 0.15) is 0 Å². The minimum Gasteiger partial charge on any atom is -0.408 e. The second kappa shape index (κ2) is 4.41. The van der Waals surface area contributed by atoms with Gasteiger partial charge in [-0.15, -0.1) is 0 Å². The Morgan fingerprint density at radius 1 is 1.53 bits per heavy atom. The molecule has 0 unspecified atom stereocenters. The third-order valence-electron chi connectivity index (χ3n) is 1.93. The molecule has 1 aromatic heterocycles. The molecule has 0 aliphatic heterocycles. The molecule has 1 aromatic carbocycles. The van der Waals surface area contributed by atoms with E-state index in [9.17, 15) is 4.79 Å². The monoisotopic (exact) mass is 377 g/mol. The molecule has 2 rings (SSSR count). The number of halogens is 2. The van der Waals surface area contributed by atoms with Gasteiger partial charge in [0.25, 0.3) is 0 Å². The van der Waals surface area contributed by atoms with Crippen molar-refractivity contribution >= 4 is 49.6 Å². The SMILES string of the molecule is O=c1oc2ccc(Br)cc2n1CC#CI. The lowest BCUT2D eigenvalue weighted by atomic mass is 10.3. The van der Waals surface area contributed by atoms with Crippen molar-refractivity contribution in [2.24, 2.45) is 0 Å². The Balaban J connectivity index is 2.69. The van der Waals surface area contributed by atoms with Crippen molar-refractivity contribution < 1.29 is 4.42 Å². The molecule has 3 nitrogen and oxygen atoms in total. The quantitative estimate of drug-likeness (QED) is 0.565. The zero-order valence-corrected chi connectivity index (χ0v) is 11.2. The molecule has 0 saturated heterocycles. The van der Waals surface area contributed by atoms with Crippen LogP contribution in [0.5, 0.6) is 0 Å². The van der Waals surface area contributed by atoms with E-state index in [1.54, 1.807) is 6.07 Å². The molecule has 0 aliphatic carbocycles. The van der Waals surface area contributed by atoms with Crippen LogP contribution < -0.4 is 5.76 Å². The number of fused-ring (bicyclic) bond motifs is 1. The van der Waals surface area contributed by atoms with Crippen molar-refractivity contribution in [3.05, 3.63) is 33.2 Å². The minimum atomic E-state index is -0.373. The van der Waals surface area contributed by atoms with Crippen LogP contribution in [0.2, 0.25) is 0 Å². The van der Waals surface area contributed by atoms with E-state index in [-0.39, 0.29) is 5.76 Å². The average Bonchev–Trinajstić information content (AvgIpc) is 2.51. The highest BCUT2D eigenvalue weighted by Crippen LogP contribution is 2.18. The van der Waals surface area contributed by atoms with Gasteiger partial charge in [0, 0.05) is 27.1 Å². The first-order chi connectivity index (χ1) is 7.22. The summed E-state index contributed by atoms with van der Waals surface area (Å²) < 4.78 is 10.2. The molecule has 1 heterocycles. The maximum Gasteiger partial charge on any atom is 0.420 e. The molecule has 0 spiro atoms. The lowest BCUT2D eigenvalue weighted by Gasteiger charge is -1.95. The van der Waals surface area contributed by atoms with Gasteiger partial charge in [0.15, 0.2) is 5.58 Å². The Kier molecular flexibility index (Phi) is 3.17. The minimum absolute atomic E-state index is 0.352. The van der Waals surface area contributed by atoms with Crippen molar-refractivity contribution in [1.82, 2.24) is 4.57 Å². The zero-order chi connectivity index (χ0) is 10.8. The number of hydrogen-bond acceptors (Lipinski definition) is 2. The van der Waals surface area contributed by atoms with E-state index in [0.717, 1.165) is 9.99 Å². The molecule has 0 aliphatic rings. The van der Waals surface area contributed by atoms with Crippen LogP contribution >= 0.6 is 38.5 Å². The fraction of sp³-hybridized carbons (Fsp3) is 0.100. The summed E-state index contributed by atoms with van der Waals surface area (Å²) in [5.41, 5.74) is 1.34. The first-order valence-electron chi connectivity index (χ1n) is 4.10. The first kappa shape index (κ1) is 10.8. The highest BCUT2D eigenvalue weighted by molar-refractivity contribution is 14.1. The molecule has 0 amide bonds. The summed E-state index contributed by atoms with van der Waals surface area (Å²) in [5, 5.41) is 0. The summed E-state index contributed by atoms with van der Waals surface area (Å²) in [4.78, 5) is 11.5. The van der Waals surface area contributed by atoms with Crippen LogP contribution in [0.25, 0.3) is 11.1 Å². The summed E-state index contributed by atoms with van der Waals surface area (Å²) in [5.74, 6) is 2.45. The van der Waals surface area contributed by atoms with Gasteiger partial charge < -0.3 is 4.42 Å². The van der Waals surface area contributed by atoms with E-state index in [4.69, 9.17) is 4.42 Å². The van der Waals surface area contributed by atoms with Crippen molar-refractivity contribution in [2.75, 3.05) is 0 Å². The number of nitrogens with zero attached hydrogens (tertiary/aromatic N) is 1. The number of rotatable bonds is 1. The number of benzene rings is 1. The molecule has 0 saturated carbocycles. The maximum absolute atomic E-state index is 11.5. The van der Waals surface area contributed by atoms with Crippen molar-refractivity contribution in [2.45, 2.75) is 6.54 Å². The van der Waals surface area contributed by atoms with E-state index in [2.05, 4.69) is 25.8 Å². The van der Waals surface area contributed by atoms with Gasteiger partial charge in [0.05, 0.1) is 12.1 Å². The smallest absolute Gasteiger partial charge is 0.408 e. The van der Waals surface area contributed by atoms with Crippen LogP contribution in [0.1, 0.15) is 0 Å². The fourth-order valence-corrected chi connectivity index (χ4v) is 1.81. The Bertz CT molecular complexity index is 618. The molecule has 5 heteroatoms. The van der Waals surface area contributed by atoms with Gasteiger partial charge in [-0.3, -0.25) is 4.57 Å². The second-order valence-corrected chi connectivity index (χ2v) is 4.29. The van der Waals surface area contributed by atoms with E-state index in [0.29, 0.717) is 12.1 Å². The maximum atomic E-state index is 11.5. The van der Waals surface area contributed by atoms with Crippen molar-refractivity contribution in [3.8, 4) is 9.85 Å². The topological polar surface area (TPSA) is 35.1 Å². The van der Waals surface area contributed by atoms with E-state index in [1.807, 2.05) is 34.7 Å². The van der Waals surface area contributed by atoms with Crippen LogP contribution in [-0.2, 0) is 6.54 Å². The van der Waals surface area contributed by atoms with Crippen LogP contribution in [-0.4, -0.2) is 4.57 Å². The number of aromatic nitrogens is 1. The summed E-state index contributed by atoms with van der Waals surface area (Å²) in [7, 11) is 0. The predicted octanol–water partition coefficient (Wildman–Crippen LogP) is 2.75. The molecular weight excluding hydrogens is 373 g/mol. The van der Waals surface area contributed by atoms with Gasteiger partial charge >= 0.3 is 5.76 Å². The molecule has 76 valence electrons. The lowest BCUT2D eigenvalue weighted by Crippen LogP contribution is -2.12. The van der Waals surface area contributed by atoms with Crippen LogP contribution in [0.4, 0.5) is 0 Å². The molecule has 2 aromatic rings. The average molecular weight is 378 g/mol. The van der Waals surface area contributed by atoms with Crippen molar-refractivity contribution in [1.29, 1.82) is 0 Å². The Morgan fingerprint density at radius 2 is 2.33 bits per heavy atom. The Hall–Kier alpha value is -0.740. The molecule has 0 radical (unpaired) electrons. The number of oxazole rings is 1. The standard InChI is InChI=1S/C10H5BrINO2/c11-7-2-3-9-8(6-7)13(5-1-4-12)10(14)15-9/h2-3,6H,5H2. The number of hydrogen-bond donors (Lipinski definition) is 0. The summed E-state index contributed by atoms with van der Waals surface area (Å²) >= 11 is 5.29. The zero-order valence-electron chi connectivity index (χ0n) is 7.46. The van der Waals surface area contributed by atoms with Crippen LogP contribution in [0.3, 0.4) is 0 Å². The third kappa shape index (κ3) is 2.11. The molecule has 15 heavy (non-hydrogen) atoms. The predicted molar refractivity (Wildman–Crippen MR) is 70.0 cm³/mol. The van der Waals surface area contributed by atoms with Gasteiger partial charge in [-0.1, -0.05) is 21.9 Å². The molecule has 0 bridgehead atoms. The lowest BCUT2D eigenvalue weighted by molar-refractivity contribution is 0.521. The Labute approximate surface area is 108 Å². The third-order valence-corrected chi connectivity index (χ3v) is 2.81. The van der Waals surface area contributed by atoms with Crippen LogP contribution in [0, 0.1) is 9.85 Å². The highest BCUT2D eigenvalue weighted by Gasteiger charge is 2.07. The molecule has 0 N–H and O–H groups in total. The fourth-order valence-electron chi connectivity index (χ4n) is 1.29. The van der Waals surface area contributed by atoms with Crippen LogP contribution in [0.15, 0.2) is 31.9 Å². The van der Waals surface area contributed by atoms with Crippen molar-refractivity contribution in [3.63, 3.8) is 0 Å². The largest absolute Gasteiger partial charge is 0.420 e. The molecule has 0 fully saturated rings. The summed E-state index contributed by atoms with van der Waals surface area (Å²) in [6.07, 6.45) is 0. The summed E-state index contributed by atoms with van der Waals surface area (Å²) in [6.45, 7) is 0.352. The van der Waals surface area contributed by atoms with Gasteiger partial charge in [-0.2, -0.15) is 0 Å². The van der Waals surface area contributed by atoms with Gasteiger partial charge in [-0.05, 0) is 22.1 Å². The van der Waals surface area contributed by atoms with E-state index in [1.165, 1.54) is 4.57 Å². The van der Waals surface area contributed by atoms with E-state index >= 15 is 0 Å².